The number of ketones is 1. The molecule has 0 bridgehead atoms. The van der Waals surface area contributed by atoms with Crippen LogP contribution in [0.15, 0.2) is 54.1 Å². The van der Waals surface area contributed by atoms with Gasteiger partial charge in [-0.05, 0) is 43.0 Å². The summed E-state index contributed by atoms with van der Waals surface area (Å²) in [5.41, 5.74) is 9.59. The standard InChI is InChI=1S/C25H28N2O3/c1-18(28)13-21(14-19-5-3-2-4-6-19)24(29)27-11-9-25(10-12-27)17-30-23-8-7-20(16-26)15-22(23)25/h2-8,14-15H,9-13,16-17,26H2,1H3/b21-14+. The zero-order valence-electron chi connectivity index (χ0n) is 17.4. The Morgan fingerprint density at radius 2 is 1.87 bits per heavy atom. The van der Waals surface area contributed by atoms with Crippen molar-refractivity contribution in [3.63, 3.8) is 0 Å². The highest BCUT2D eigenvalue weighted by Crippen LogP contribution is 2.46. The minimum Gasteiger partial charge on any atom is -0.492 e. The molecular formula is C25H28N2O3. The number of carbonyl (C=O) groups excluding carboxylic acids is 2. The van der Waals surface area contributed by atoms with E-state index in [0.717, 1.165) is 29.7 Å². The van der Waals surface area contributed by atoms with Gasteiger partial charge in [-0.3, -0.25) is 9.59 Å². The van der Waals surface area contributed by atoms with Crippen molar-refractivity contribution in [2.24, 2.45) is 5.73 Å². The number of hydrogen-bond donors (Lipinski definition) is 1. The highest BCUT2D eigenvalue weighted by molar-refractivity contribution is 6.02. The number of carbonyl (C=O) groups is 2. The molecule has 0 aliphatic carbocycles. The first kappa shape index (κ1) is 20.4. The largest absolute Gasteiger partial charge is 0.492 e. The molecule has 2 aliphatic heterocycles. The van der Waals surface area contributed by atoms with E-state index in [2.05, 4.69) is 6.07 Å². The lowest BCUT2D eigenvalue weighted by Crippen LogP contribution is -2.46. The SMILES string of the molecule is CC(=O)C/C(=C\c1ccccc1)C(=O)N1CCC2(CC1)COc1ccc(CN)cc12. The van der Waals surface area contributed by atoms with E-state index < -0.39 is 0 Å². The molecule has 156 valence electrons. The van der Waals surface area contributed by atoms with E-state index in [-0.39, 0.29) is 23.5 Å². The fraction of sp³-hybridized carbons (Fsp3) is 0.360. The van der Waals surface area contributed by atoms with Crippen LogP contribution in [-0.4, -0.2) is 36.3 Å². The maximum absolute atomic E-state index is 13.2. The van der Waals surface area contributed by atoms with Gasteiger partial charge in [-0.1, -0.05) is 42.5 Å². The van der Waals surface area contributed by atoms with Crippen molar-refractivity contribution >= 4 is 17.8 Å². The summed E-state index contributed by atoms with van der Waals surface area (Å²) in [6, 6.07) is 15.9. The molecule has 5 heteroatoms. The Morgan fingerprint density at radius 3 is 2.53 bits per heavy atom. The van der Waals surface area contributed by atoms with Crippen LogP contribution in [0.5, 0.6) is 5.75 Å². The predicted molar refractivity (Wildman–Crippen MR) is 117 cm³/mol. The molecule has 0 saturated carbocycles. The lowest BCUT2D eigenvalue weighted by Gasteiger charge is -2.39. The fourth-order valence-electron chi connectivity index (χ4n) is 4.50. The molecule has 1 amide bonds. The van der Waals surface area contributed by atoms with Gasteiger partial charge in [0.05, 0.1) is 6.61 Å². The summed E-state index contributed by atoms with van der Waals surface area (Å²) in [6.07, 6.45) is 3.69. The van der Waals surface area contributed by atoms with E-state index in [4.69, 9.17) is 10.5 Å². The monoisotopic (exact) mass is 404 g/mol. The number of benzene rings is 2. The third-order valence-corrected chi connectivity index (χ3v) is 6.22. The van der Waals surface area contributed by atoms with Crippen LogP contribution in [-0.2, 0) is 21.5 Å². The van der Waals surface area contributed by atoms with E-state index in [1.54, 1.807) is 0 Å². The van der Waals surface area contributed by atoms with Crippen molar-refractivity contribution in [2.45, 2.75) is 38.1 Å². The molecular weight excluding hydrogens is 376 g/mol. The molecule has 2 aromatic rings. The van der Waals surface area contributed by atoms with Crippen LogP contribution in [0.3, 0.4) is 0 Å². The van der Waals surface area contributed by atoms with Crippen molar-refractivity contribution < 1.29 is 14.3 Å². The normalized spacial score (nSPS) is 17.5. The van der Waals surface area contributed by atoms with E-state index in [1.165, 1.54) is 12.5 Å². The van der Waals surface area contributed by atoms with Crippen LogP contribution < -0.4 is 10.5 Å². The van der Waals surface area contributed by atoms with Crippen molar-refractivity contribution in [1.29, 1.82) is 0 Å². The molecule has 2 aromatic carbocycles. The molecule has 2 aliphatic rings. The summed E-state index contributed by atoms with van der Waals surface area (Å²) in [5.74, 6) is 0.887. The van der Waals surface area contributed by atoms with E-state index in [1.807, 2.05) is 53.4 Å². The van der Waals surface area contributed by atoms with Crippen LogP contribution >= 0.6 is 0 Å². The average Bonchev–Trinajstić information content (AvgIpc) is 3.11. The number of hydrogen-bond acceptors (Lipinski definition) is 4. The Bertz CT molecular complexity index is 973. The Morgan fingerprint density at radius 1 is 1.13 bits per heavy atom. The second kappa shape index (κ2) is 8.44. The van der Waals surface area contributed by atoms with Gasteiger partial charge in [-0.25, -0.2) is 0 Å². The third kappa shape index (κ3) is 4.03. The average molecular weight is 405 g/mol. The van der Waals surface area contributed by atoms with Crippen molar-refractivity contribution in [3.8, 4) is 5.75 Å². The molecule has 5 nitrogen and oxygen atoms in total. The first-order valence-electron chi connectivity index (χ1n) is 10.5. The third-order valence-electron chi connectivity index (χ3n) is 6.22. The molecule has 1 fully saturated rings. The summed E-state index contributed by atoms with van der Waals surface area (Å²) in [4.78, 5) is 26.9. The van der Waals surface area contributed by atoms with Gasteiger partial charge in [0, 0.05) is 42.6 Å². The summed E-state index contributed by atoms with van der Waals surface area (Å²) in [5, 5.41) is 0. The van der Waals surface area contributed by atoms with Crippen LogP contribution in [0.4, 0.5) is 0 Å². The van der Waals surface area contributed by atoms with Gasteiger partial charge in [0.2, 0.25) is 5.91 Å². The summed E-state index contributed by atoms with van der Waals surface area (Å²) < 4.78 is 5.97. The highest BCUT2D eigenvalue weighted by Gasteiger charge is 2.44. The van der Waals surface area contributed by atoms with Gasteiger partial charge in [-0.15, -0.1) is 0 Å². The number of nitrogens with two attached hydrogens (primary N) is 1. The molecule has 1 saturated heterocycles. The number of piperidine rings is 1. The molecule has 0 aromatic heterocycles. The summed E-state index contributed by atoms with van der Waals surface area (Å²) in [6.45, 7) is 3.99. The molecule has 4 rings (SSSR count). The van der Waals surface area contributed by atoms with E-state index in [0.29, 0.717) is 31.8 Å². The minimum atomic E-state index is -0.0544. The first-order chi connectivity index (χ1) is 14.5. The number of likely N-dealkylation sites (tertiary alicyclic amines) is 1. The maximum Gasteiger partial charge on any atom is 0.250 e. The van der Waals surface area contributed by atoms with Crippen molar-refractivity contribution in [2.75, 3.05) is 19.7 Å². The van der Waals surface area contributed by atoms with Crippen molar-refractivity contribution in [3.05, 3.63) is 70.8 Å². The second-order valence-corrected chi connectivity index (χ2v) is 8.35. The van der Waals surface area contributed by atoms with E-state index in [9.17, 15) is 9.59 Å². The molecule has 2 N–H and O–H groups in total. The Kier molecular flexibility index (Phi) is 5.73. The van der Waals surface area contributed by atoms with Crippen LogP contribution in [0.2, 0.25) is 0 Å². The number of amides is 1. The van der Waals surface area contributed by atoms with Crippen LogP contribution in [0.1, 0.15) is 42.9 Å². The summed E-state index contributed by atoms with van der Waals surface area (Å²) in [7, 11) is 0. The molecule has 2 heterocycles. The number of Topliss-reactive ketones (excluding diaryl/α,β-unsaturated/α-hetero) is 1. The first-order valence-corrected chi connectivity index (χ1v) is 10.5. The fourth-order valence-corrected chi connectivity index (χ4v) is 4.50. The molecule has 30 heavy (non-hydrogen) atoms. The predicted octanol–water partition coefficient (Wildman–Crippen LogP) is 3.46. The van der Waals surface area contributed by atoms with Crippen molar-refractivity contribution in [1.82, 2.24) is 4.90 Å². The van der Waals surface area contributed by atoms with Crippen LogP contribution in [0.25, 0.3) is 6.08 Å². The zero-order valence-corrected chi connectivity index (χ0v) is 17.4. The lowest BCUT2D eigenvalue weighted by molar-refractivity contribution is -0.130. The molecule has 0 atom stereocenters. The second-order valence-electron chi connectivity index (χ2n) is 8.35. The van der Waals surface area contributed by atoms with Crippen LogP contribution in [0, 0.1) is 0 Å². The highest BCUT2D eigenvalue weighted by atomic mass is 16.5. The Hall–Kier alpha value is -2.92. The minimum absolute atomic E-state index is 0.00792. The number of nitrogens with zero attached hydrogens (tertiary/aromatic N) is 1. The van der Waals surface area contributed by atoms with Gasteiger partial charge in [0.1, 0.15) is 11.5 Å². The van der Waals surface area contributed by atoms with Gasteiger partial charge in [0.25, 0.3) is 0 Å². The Labute approximate surface area is 177 Å². The van der Waals surface area contributed by atoms with Gasteiger partial charge in [-0.2, -0.15) is 0 Å². The maximum atomic E-state index is 13.2. The topological polar surface area (TPSA) is 72.6 Å². The van der Waals surface area contributed by atoms with Gasteiger partial charge in [0.15, 0.2) is 0 Å². The van der Waals surface area contributed by atoms with E-state index >= 15 is 0 Å². The van der Waals surface area contributed by atoms with Gasteiger partial charge >= 0.3 is 0 Å². The lowest BCUT2D eigenvalue weighted by atomic mass is 9.74. The molecule has 0 unspecified atom stereocenters. The number of fused-ring (bicyclic) bond motifs is 2. The summed E-state index contributed by atoms with van der Waals surface area (Å²) >= 11 is 0. The number of rotatable bonds is 5. The number of ether oxygens (including phenoxy) is 1. The molecule has 0 radical (unpaired) electrons. The van der Waals surface area contributed by atoms with Gasteiger partial charge < -0.3 is 15.4 Å². The quantitative estimate of drug-likeness (QED) is 0.775. The zero-order chi connectivity index (χ0) is 21.1. The smallest absolute Gasteiger partial charge is 0.250 e. The Balaban J connectivity index is 1.52. The molecule has 1 spiro atoms.